The fourth-order valence-electron chi connectivity index (χ4n) is 2.14. The van der Waals surface area contributed by atoms with E-state index in [4.69, 9.17) is 5.73 Å². The van der Waals surface area contributed by atoms with Crippen LogP contribution in [0.3, 0.4) is 0 Å². The number of aromatic nitrogens is 1. The summed E-state index contributed by atoms with van der Waals surface area (Å²) in [6.07, 6.45) is 0. The molecule has 0 fully saturated rings. The van der Waals surface area contributed by atoms with Gasteiger partial charge in [-0.3, -0.25) is 4.79 Å². The van der Waals surface area contributed by atoms with E-state index < -0.39 is 34.4 Å². The number of halogens is 1. The third-order valence-electron chi connectivity index (χ3n) is 3.12. The number of pyridine rings is 1. The maximum Gasteiger partial charge on any atom is 0.342 e. The molecule has 2 aromatic rings. The standard InChI is InChI=1S/C14H11BrN2O5/c1-5-4-6(2-3-7(5)15)8-9(13(19)20)11(16)17-12(18)10(8)14(21)22/h2-4H,1H3,(H,19,20)(H,21,22)(H3,16,17,18). The second-order valence-corrected chi connectivity index (χ2v) is 5.42. The lowest BCUT2D eigenvalue weighted by molar-refractivity contribution is 0.0695. The van der Waals surface area contributed by atoms with Gasteiger partial charge >= 0.3 is 11.9 Å². The van der Waals surface area contributed by atoms with Crippen molar-refractivity contribution in [3.05, 3.63) is 49.7 Å². The molecular formula is C14H11BrN2O5. The van der Waals surface area contributed by atoms with Crippen LogP contribution in [0.25, 0.3) is 11.1 Å². The van der Waals surface area contributed by atoms with Gasteiger partial charge in [-0.25, -0.2) is 9.59 Å². The Balaban J connectivity index is 2.98. The number of benzene rings is 1. The molecule has 0 aliphatic heterocycles. The number of carboxylic acid groups (broad SMARTS) is 2. The number of hydrogen-bond acceptors (Lipinski definition) is 4. The normalized spacial score (nSPS) is 10.5. The molecule has 8 heteroatoms. The highest BCUT2D eigenvalue weighted by Gasteiger charge is 2.26. The number of carboxylic acids is 2. The molecule has 1 aromatic heterocycles. The van der Waals surface area contributed by atoms with Crippen LogP contribution in [-0.2, 0) is 0 Å². The Bertz CT molecular complexity index is 857. The zero-order valence-corrected chi connectivity index (χ0v) is 12.9. The van der Waals surface area contributed by atoms with Crippen LogP contribution in [-0.4, -0.2) is 27.1 Å². The largest absolute Gasteiger partial charge is 0.478 e. The molecule has 0 bridgehead atoms. The lowest BCUT2D eigenvalue weighted by Gasteiger charge is -2.13. The smallest absolute Gasteiger partial charge is 0.342 e. The Morgan fingerprint density at radius 3 is 2.27 bits per heavy atom. The average Bonchev–Trinajstić information content (AvgIpc) is 2.39. The number of H-pyrrole nitrogens is 1. The Morgan fingerprint density at radius 2 is 1.77 bits per heavy atom. The van der Waals surface area contributed by atoms with Gasteiger partial charge in [-0.2, -0.15) is 0 Å². The molecule has 2 rings (SSSR count). The molecule has 0 radical (unpaired) electrons. The van der Waals surface area contributed by atoms with Crippen molar-refractivity contribution in [3.63, 3.8) is 0 Å². The Hall–Kier alpha value is -2.61. The molecule has 1 heterocycles. The van der Waals surface area contributed by atoms with Gasteiger partial charge in [0.15, 0.2) is 0 Å². The second kappa shape index (κ2) is 5.64. The highest BCUT2D eigenvalue weighted by Crippen LogP contribution is 2.31. The number of aromatic amines is 1. The van der Waals surface area contributed by atoms with Crippen molar-refractivity contribution in [2.75, 3.05) is 5.73 Å². The summed E-state index contributed by atoms with van der Waals surface area (Å²) in [5.74, 6) is -3.34. The van der Waals surface area contributed by atoms with E-state index >= 15 is 0 Å². The second-order valence-electron chi connectivity index (χ2n) is 4.57. The number of nitrogen functional groups attached to an aromatic ring is 1. The van der Waals surface area contributed by atoms with Gasteiger partial charge in [0.2, 0.25) is 0 Å². The maximum absolute atomic E-state index is 11.9. The highest BCUT2D eigenvalue weighted by atomic mass is 79.9. The van der Waals surface area contributed by atoms with Gasteiger partial charge in [0.25, 0.3) is 5.56 Å². The van der Waals surface area contributed by atoms with E-state index in [-0.39, 0.29) is 11.1 Å². The van der Waals surface area contributed by atoms with Crippen molar-refractivity contribution in [1.82, 2.24) is 4.98 Å². The van der Waals surface area contributed by atoms with E-state index in [2.05, 4.69) is 20.9 Å². The van der Waals surface area contributed by atoms with E-state index in [1.54, 1.807) is 19.1 Å². The van der Waals surface area contributed by atoms with Gasteiger partial charge in [-0.05, 0) is 24.1 Å². The van der Waals surface area contributed by atoms with E-state index in [0.29, 0.717) is 0 Å². The minimum Gasteiger partial charge on any atom is -0.478 e. The average molecular weight is 367 g/mol. The number of aryl methyl sites for hydroxylation is 1. The molecule has 22 heavy (non-hydrogen) atoms. The SMILES string of the molecule is Cc1cc(-c2c(C(=O)O)c(N)[nH]c(=O)c2C(=O)O)ccc1Br. The molecule has 0 saturated heterocycles. The van der Waals surface area contributed by atoms with Gasteiger partial charge in [-0.15, -0.1) is 0 Å². The molecular weight excluding hydrogens is 356 g/mol. The fourth-order valence-corrected chi connectivity index (χ4v) is 2.38. The Morgan fingerprint density at radius 1 is 1.18 bits per heavy atom. The minimum absolute atomic E-state index is 0.211. The number of nitrogens with two attached hydrogens (primary N) is 1. The summed E-state index contributed by atoms with van der Waals surface area (Å²) in [5, 5.41) is 18.6. The molecule has 7 nitrogen and oxygen atoms in total. The summed E-state index contributed by atoms with van der Waals surface area (Å²) >= 11 is 3.30. The van der Waals surface area contributed by atoms with Crippen LogP contribution in [0.4, 0.5) is 5.82 Å². The molecule has 114 valence electrons. The van der Waals surface area contributed by atoms with E-state index in [1.165, 1.54) is 6.07 Å². The predicted molar refractivity (Wildman–Crippen MR) is 83.3 cm³/mol. The number of anilines is 1. The van der Waals surface area contributed by atoms with Crippen LogP contribution in [0.5, 0.6) is 0 Å². The quantitative estimate of drug-likeness (QED) is 0.656. The van der Waals surface area contributed by atoms with Gasteiger partial charge < -0.3 is 20.9 Å². The predicted octanol–water partition coefficient (Wildman–Crippen LogP) is 2.09. The van der Waals surface area contributed by atoms with E-state index in [1.807, 2.05) is 0 Å². The minimum atomic E-state index is -1.53. The third kappa shape index (κ3) is 2.60. The number of hydrogen-bond donors (Lipinski definition) is 4. The molecule has 1 aromatic carbocycles. The van der Waals surface area contributed by atoms with Crippen molar-refractivity contribution < 1.29 is 19.8 Å². The summed E-state index contributed by atoms with van der Waals surface area (Å²) < 4.78 is 0.766. The summed E-state index contributed by atoms with van der Waals surface area (Å²) in [6, 6.07) is 4.74. The topological polar surface area (TPSA) is 133 Å². The first-order valence-electron chi connectivity index (χ1n) is 6.03. The van der Waals surface area contributed by atoms with Crippen LogP contribution < -0.4 is 11.3 Å². The van der Waals surface area contributed by atoms with Crippen LogP contribution in [0.1, 0.15) is 26.3 Å². The first kappa shape index (κ1) is 15.8. The van der Waals surface area contributed by atoms with Gasteiger partial charge in [0.05, 0.1) is 0 Å². The van der Waals surface area contributed by atoms with Crippen molar-refractivity contribution in [3.8, 4) is 11.1 Å². The van der Waals surface area contributed by atoms with Crippen molar-refractivity contribution in [2.45, 2.75) is 6.92 Å². The highest BCUT2D eigenvalue weighted by molar-refractivity contribution is 9.10. The van der Waals surface area contributed by atoms with Gasteiger partial charge in [0, 0.05) is 10.0 Å². The lowest BCUT2D eigenvalue weighted by Crippen LogP contribution is -2.24. The number of nitrogens with one attached hydrogen (secondary N) is 1. The number of carbonyl (C=O) groups is 2. The molecule has 5 N–H and O–H groups in total. The summed E-state index contributed by atoms with van der Waals surface area (Å²) in [4.78, 5) is 36.8. The van der Waals surface area contributed by atoms with Crippen LogP contribution in [0.2, 0.25) is 0 Å². The first-order chi connectivity index (χ1) is 10.2. The van der Waals surface area contributed by atoms with Crippen LogP contribution in [0.15, 0.2) is 27.5 Å². The molecule has 0 aliphatic carbocycles. The number of aromatic carboxylic acids is 2. The maximum atomic E-state index is 11.9. The third-order valence-corrected chi connectivity index (χ3v) is 4.01. The summed E-state index contributed by atoms with van der Waals surface area (Å²) in [7, 11) is 0. The molecule has 0 unspecified atom stereocenters. The van der Waals surface area contributed by atoms with Crippen LogP contribution >= 0.6 is 15.9 Å². The molecule has 0 saturated carbocycles. The number of rotatable bonds is 3. The van der Waals surface area contributed by atoms with Crippen molar-refractivity contribution in [1.29, 1.82) is 0 Å². The zero-order valence-electron chi connectivity index (χ0n) is 11.3. The summed E-state index contributed by atoms with van der Waals surface area (Å²) in [6.45, 7) is 1.75. The molecule has 0 amide bonds. The van der Waals surface area contributed by atoms with E-state index in [0.717, 1.165) is 10.0 Å². The van der Waals surface area contributed by atoms with Crippen molar-refractivity contribution >= 4 is 33.7 Å². The fraction of sp³-hybridized carbons (Fsp3) is 0.0714. The van der Waals surface area contributed by atoms with Gasteiger partial charge in [-0.1, -0.05) is 28.1 Å². The van der Waals surface area contributed by atoms with Crippen molar-refractivity contribution in [2.24, 2.45) is 0 Å². The molecule has 0 atom stereocenters. The Labute approximate surface area is 132 Å². The van der Waals surface area contributed by atoms with Gasteiger partial charge in [0.1, 0.15) is 16.9 Å². The Kier molecular flexibility index (Phi) is 4.05. The molecule has 0 spiro atoms. The van der Waals surface area contributed by atoms with Crippen LogP contribution in [0, 0.1) is 6.92 Å². The lowest BCUT2D eigenvalue weighted by atomic mass is 9.94. The first-order valence-corrected chi connectivity index (χ1v) is 6.82. The monoisotopic (exact) mass is 366 g/mol. The molecule has 0 aliphatic rings. The van der Waals surface area contributed by atoms with E-state index in [9.17, 15) is 24.6 Å². The summed E-state index contributed by atoms with van der Waals surface area (Å²) in [5.41, 5.74) is 4.33. The zero-order chi connectivity index (χ0) is 16.6.